The summed E-state index contributed by atoms with van der Waals surface area (Å²) in [5.74, 6) is -0.108. The van der Waals surface area contributed by atoms with E-state index in [1.165, 1.54) is 24.3 Å². The number of phosphoric acid groups is 2. The largest absolute Gasteiger partial charge is 0.536 e. The lowest BCUT2D eigenvalue weighted by molar-refractivity contribution is 0.229. The summed E-state index contributed by atoms with van der Waals surface area (Å²) in [6, 6.07) is 5.23. The Morgan fingerprint density at radius 2 is 1.56 bits per heavy atom. The molecule has 0 aromatic heterocycles. The van der Waals surface area contributed by atoms with Crippen LogP contribution in [0.3, 0.4) is 0 Å². The van der Waals surface area contributed by atoms with Gasteiger partial charge in [0.1, 0.15) is 5.75 Å². The molecule has 0 aliphatic carbocycles. The molecule has 1 atom stereocenters. The van der Waals surface area contributed by atoms with E-state index in [4.69, 9.17) is 26.3 Å². The van der Waals surface area contributed by atoms with Crippen molar-refractivity contribution in [3.05, 3.63) is 29.3 Å². The van der Waals surface area contributed by atoms with Crippen molar-refractivity contribution in [3.8, 4) is 5.75 Å². The van der Waals surface area contributed by atoms with Crippen LogP contribution in [0.1, 0.15) is 0 Å². The van der Waals surface area contributed by atoms with Crippen molar-refractivity contribution in [2.75, 3.05) is 0 Å². The molecule has 0 heterocycles. The molecule has 90 valence electrons. The van der Waals surface area contributed by atoms with E-state index < -0.39 is 15.6 Å². The molecule has 0 fully saturated rings. The van der Waals surface area contributed by atoms with Crippen LogP contribution >= 0.6 is 27.2 Å². The predicted octanol–water partition coefficient (Wildman–Crippen LogP) is 1.93. The minimum absolute atomic E-state index is 0.108. The van der Waals surface area contributed by atoms with Crippen molar-refractivity contribution in [1.82, 2.24) is 0 Å². The molecule has 16 heavy (non-hydrogen) atoms. The standard InChI is InChI=1S/C6H7ClO7P2/c7-5-1-3-6(4-2-5)13-16(11,12)14-15(8,9)10/h1-4H,(H,11,12)(H2,8,9,10). The Balaban J connectivity index is 2.77. The second-order valence-corrected chi connectivity index (χ2v) is 5.78. The highest BCUT2D eigenvalue weighted by molar-refractivity contribution is 7.60. The molecule has 10 heteroatoms. The number of hydrogen-bond donors (Lipinski definition) is 3. The van der Waals surface area contributed by atoms with Gasteiger partial charge in [0.2, 0.25) is 0 Å². The lowest BCUT2D eigenvalue weighted by atomic mass is 10.3. The first-order valence-electron chi connectivity index (χ1n) is 3.73. The van der Waals surface area contributed by atoms with E-state index in [0.29, 0.717) is 5.02 Å². The average Bonchev–Trinajstić information content (AvgIpc) is 2.04. The van der Waals surface area contributed by atoms with E-state index in [1.807, 2.05) is 0 Å². The monoisotopic (exact) mass is 288 g/mol. The van der Waals surface area contributed by atoms with Crippen molar-refractivity contribution in [1.29, 1.82) is 0 Å². The van der Waals surface area contributed by atoms with Crippen LogP contribution in [0.5, 0.6) is 5.75 Å². The third-order valence-corrected chi connectivity index (χ3v) is 3.61. The van der Waals surface area contributed by atoms with Gasteiger partial charge in [0.25, 0.3) is 0 Å². The van der Waals surface area contributed by atoms with Gasteiger partial charge in [0, 0.05) is 5.02 Å². The molecule has 0 bridgehead atoms. The zero-order valence-corrected chi connectivity index (χ0v) is 10.1. The summed E-state index contributed by atoms with van der Waals surface area (Å²) in [5.41, 5.74) is 0. The lowest BCUT2D eigenvalue weighted by Crippen LogP contribution is -1.95. The number of hydrogen-bond acceptors (Lipinski definition) is 4. The fourth-order valence-corrected chi connectivity index (χ4v) is 2.50. The Morgan fingerprint density at radius 3 is 2.00 bits per heavy atom. The molecule has 3 N–H and O–H groups in total. The Kier molecular flexibility index (Phi) is 4.15. The first kappa shape index (κ1) is 13.7. The zero-order valence-electron chi connectivity index (χ0n) is 7.56. The van der Waals surface area contributed by atoms with Gasteiger partial charge in [-0.25, -0.2) is 9.13 Å². The second-order valence-electron chi connectivity index (χ2n) is 2.59. The molecule has 0 radical (unpaired) electrons. The quantitative estimate of drug-likeness (QED) is 0.725. The molecule has 0 spiro atoms. The lowest BCUT2D eigenvalue weighted by Gasteiger charge is -2.12. The molecule has 0 amide bonds. The van der Waals surface area contributed by atoms with Crippen LogP contribution < -0.4 is 4.52 Å². The third kappa shape index (κ3) is 5.09. The summed E-state index contributed by atoms with van der Waals surface area (Å²) in [5, 5.41) is 0.371. The van der Waals surface area contributed by atoms with Crippen LogP contribution in [0.4, 0.5) is 0 Å². The van der Waals surface area contributed by atoms with Crippen molar-refractivity contribution < 1.29 is 32.6 Å². The van der Waals surface area contributed by atoms with Crippen molar-refractivity contribution in [2.24, 2.45) is 0 Å². The number of rotatable bonds is 4. The molecule has 7 nitrogen and oxygen atoms in total. The minimum atomic E-state index is -5.10. The first-order valence-corrected chi connectivity index (χ1v) is 7.13. The number of halogens is 1. The first-order chi connectivity index (χ1) is 7.18. The van der Waals surface area contributed by atoms with E-state index in [0.717, 1.165) is 0 Å². The third-order valence-electron chi connectivity index (χ3n) is 1.24. The Morgan fingerprint density at radius 1 is 1.06 bits per heavy atom. The molecule has 0 saturated heterocycles. The summed E-state index contributed by atoms with van der Waals surface area (Å²) in [6.07, 6.45) is 0. The Hall–Kier alpha value is -0.390. The van der Waals surface area contributed by atoms with Gasteiger partial charge in [0.05, 0.1) is 0 Å². The predicted molar refractivity (Wildman–Crippen MR) is 55.0 cm³/mol. The van der Waals surface area contributed by atoms with E-state index >= 15 is 0 Å². The minimum Gasteiger partial charge on any atom is -0.404 e. The van der Waals surface area contributed by atoms with Gasteiger partial charge >= 0.3 is 15.6 Å². The summed E-state index contributed by atoms with van der Waals surface area (Å²) in [6.45, 7) is 0. The number of phosphoric ester groups is 1. The fraction of sp³-hybridized carbons (Fsp3) is 0. The van der Waals surface area contributed by atoms with Crippen LogP contribution in [-0.4, -0.2) is 14.7 Å². The Bertz CT molecular complexity index is 452. The van der Waals surface area contributed by atoms with Gasteiger partial charge in [-0.05, 0) is 24.3 Å². The summed E-state index contributed by atoms with van der Waals surface area (Å²) in [7, 11) is -9.96. The van der Waals surface area contributed by atoms with Gasteiger partial charge in [-0.1, -0.05) is 11.6 Å². The highest BCUT2D eigenvalue weighted by Crippen LogP contribution is 2.57. The van der Waals surface area contributed by atoms with Crippen LogP contribution in [0.25, 0.3) is 0 Å². The highest BCUT2D eigenvalue weighted by Gasteiger charge is 2.33. The maximum Gasteiger partial charge on any atom is 0.536 e. The van der Waals surface area contributed by atoms with Gasteiger partial charge in [-0.2, -0.15) is 4.31 Å². The van der Waals surface area contributed by atoms with Crippen LogP contribution in [-0.2, 0) is 13.4 Å². The van der Waals surface area contributed by atoms with E-state index in [2.05, 4.69) is 8.83 Å². The topological polar surface area (TPSA) is 113 Å². The van der Waals surface area contributed by atoms with Crippen LogP contribution in [0.2, 0.25) is 5.02 Å². The van der Waals surface area contributed by atoms with Gasteiger partial charge in [0.15, 0.2) is 0 Å². The molecular weight excluding hydrogens is 281 g/mol. The molecule has 1 aromatic rings. The molecule has 1 unspecified atom stereocenters. The van der Waals surface area contributed by atoms with E-state index in [1.54, 1.807) is 0 Å². The molecular formula is C6H7ClO7P2. The normalized spacial score (nSPS) is 15.5. The van der Waals surface area contributed by atoms with Gasteiger partial charge < -0.3 is 14.3 Å². The maximum atomic E-state index is 11.1. The van der Waals surface area contributed by atoms with Crippen LogP contribution in [0.15, 0.2) is 24.3 Å². The Labute approximate surface area is 95.4 Å². The van der Waals surface area contributed by atoms with Crippen molar-refractivity contribution in [3.63, 3.8) is 0 Å². The summed E-state index contributed by atoms with van der Waals surface area (Å²) < 4.78 is 29.4. The smallest absolute Gasteiger partial charge is 0.404 e. The fourth-order valence-electron chi connectivity index (χ4n) is 0.780. The molecule has 0 saturated carbocycles. The van der Waals surface area contributed by atoms with E-state index in [-0.39, 0.29) is 5.75 Å². The average molecular weight is 289 g/mol. The molecule has 0 aliphatic heterocycles. The molecule has 1 aromatic carbocycles. The van der Waals surface area contributed by atoms with Crippen LogP contribution in [0, 0.1) is 0 Å². The van der Waals surface area contributed by atoms with Crippen molar-refractivity contribution >= 4 is 27.2 Å². The number of benzene rings is 1. The maximum absolute atomic E-state index is 11.1. The zero-order chi connectivity index (χ0) is 12.4. The van der Waals surface area contributed by atoms with Crippen molar-refractivity contribution in [2.45, 2.75) is 0 Å². The molecule has 1 rings (SSSR count). The van der Waals surface area contributed by atoms with Gasteiger partial charge in [-0.3, -0.25) is 4.89 Å². The highest BCUT2D eigenvalue weighted by atomic mass is 35.5. The summed E-state index contributed by atoms with van der Waals surface area (Å²) in [4.78, 5) is 25.6. The summed E-state index contributed by atoms with van der Waals surface area (Å²) >= 11 is 5.55. The second kappa shape index (κ2) is 4.85. The van der Waals surface area contributed by atoms with Gasteiger partial charge in [-0.15, -0.1) is 0 Å². The van der Waals surface area contributed by atoms with E-state index in [9.17, 15) is 9.13 Å². The molecule has 0 aliphatic rings. The SMILES string of the molecule is O=P(O)(O)OP(=O)(O)Oc1ccc(Cl)cc1.